The van der Waals surface area contributed by atoms with Crippen molar-refractivity contribution in [1.29, 1.82) is 0 Å². The van der Waals surface area contributed by atoms with Gasteiger partial charge in [-0.05, 0) is 18.6 Å². The Morgan fingerprint density at radius 1 is 1.38 bits per heavy atom. The highest BCUT2D eigenvalue weighted by molar-refractivity contribution is 7.16. The van der Waals surface area contributed by atoms with Crippen LogP contribution in [0.25, 0.3) is 4.96 Å². The summed E-state index contributed by atoms with van der Waals surface area (Å²) in [5, 5.41) is 5.02. The summed E-state index contributed by atoms with van der Waals surface area (Å²) < 4.78 is 19.8. The van der Waals surface area contributed by atoms with Crippen molar-refractivity contribution in [3.63, 3.8) is 0 Å². The topological polar surface area (TPSA) is 73.6 Å². The monoisotopic (exact) mass is 347 g/mol. The number of carbonyl (C=O) groups is 1. The van der Waals surface area contributed by atoms with Crippen LogP contribution in [0.1, 0.15) is 34.4 Å². The molecule has 0 bridgehead atoms. The summed E-state index contributed by atoms with van der Waals surface area (Å²) in [6.07, 6.45) is 1.69. The molecule has 24 heavy (non-hydrogen) atoms. The zero-order valence-corrected chi connectivity index (χ0v) is 13.7. The zero-order chi connectivity index (χ0) is 17.1. The molecule has 0 aliphatic heterocycles. The van der Waals surface area contributed by atoms with Crippen molar-refractivity contribution in [3.8, 4) is 0 Å². The van der Waals surface area contributed by atoms with E-state index in [1.807, 2.05) is 6.92 Å². The predicted octanol–water partition coefficient (Wildman–Crippen LogP) is 2.60. The molecular weight excluding hydrogens is 333 g/mol. The van der Waals surface area contributed by atoms with Crippen LogP contribution in [0.3, 0.4) is 0 Å². The van der Waals surface area contributed by atoms with Crippen molar-refractivity contribution in [2.45, 2.75) is 26.4 Å². The lowest BCUT2D eigenvalue weighted by Crippen LogP contribution is -2.17. The number of hydrogen-bond donors (Lipinski definition) is 0. The van der Waals surface area contributed by atoms with E-state index in [0.29, 0.717) is 10.7 Å². The molecule has 0 unspecified atom stereocenters. The Kier molecular flexibility index (Phi) is 4.66. The number of carbonyl (C=O) groups excluding carboxylic acids is 1. The molecule has 0 fully saturated rings. The first-order valence-electron chi connectivity index (χ1n) is 7.39. The molecule has 0 aliphatic carbocycles. The minimum absolute atomic E-state index is 0.154. The van der Waals surface area contributed by atoms with Gasteiger partial charge >= 0.3 is 5.97 Å². The minimum Gasteiger partial charge on any atom is -0.455 e. The largest absolute Gasteiger partial charge is 0.455 e. The molecule has 0 saturated heterocycles. The van der Waals surface area contributed by atoms with E-state index in [9.17, 15) is 14.0 Å². The Morgan fingerprint density at radius 3 is 2.92 bits per heavy atom. The molecule has 3 rings (SSSR count). The quantitative estimate of drug-likeness (QED) is 0.663. The fourth-order valence-electron chi connectivity index (χ4n) is 2.13. The lowest BCUT2D eigenvalue weighted by molar-refractivity contribution is 0.0462. The number of benzene rings is 1. The molecule has 0 amide bonds. The molecule has 0 atom stereocenters. The number of aromatic nitrogens is 3. The van der Waals surface area contributed by atoms with Gasteiger partial charge in [0.05, 0.1) is 11.3 Å². The van der Waals surface area contributed by atoms with Crippen LogP contribution >= 0.6 is 11.3 Å². The molecular formula is C16H14FN3O3S. The van der Waals surface area contributed by atoms with Crippen LogP contribution in [-0.4, -0.2) is 20.6 Å². The number of fused-ring (bicyclic) bond motifs is 1. The van der Waals surface area contributed by atoms with Crippen LogP contribution in [0, 0.1) is 5.82 Å². The summed E-state index contributed by atoms with van der Waals surface area (Å²) >= 11 is 1.32. The Labute approximate surface area is 140 Å². The Balaban J connectivity index is 1.79. The first-order chi connectivity index (χ1) is 11.6. The molecule has 6 nitrogen and oxygen atoms in total. The van der Waals surface area contributed by atoms with Gasteiger partial charge in [-0.25, -0.2) is 14.2 Å². The van der Waals surface area contributed by atoms with Crippen molar-refractivity contribution in [2.24, 2.45) is 0 Å². The molecule has 0 aliphatic rings. The summed E-state index contributed by atoms with van der Waals surface area (Å²) in [6, 6.07) is 6.81. The van der Waals surface area contributed by atoms with E-state index in [0.717, 1.165) is 17.8 Å². The van der Waals surface area contributed by atoms with Gasteiger partial charge in [0.25, 0.3) is 5.56 Å². The third-order valence-electron chi connectivity index (χ3n) is 3.25. The summed E-state index contributed by atoms with van der Waals surface area (Å²) in [4.78, 5) is 28.7. The van der Waals surface area contributed by atoms with Crippen molar-refractivity contribution in [2.75, 3.05) is 0 Å². The van der Waals surface area contributed by atoms with Gasteiger partial charge in [-0.1, -0.05) is 30.4 Å². The van der Waals surface area contributed by atoms with Crippen molar-refractivity contribution in [3.05, 3.63) is 62.8 Å². The molecule has 0 N–H and O–H groups in total. The maximum Gasteiger partial charge on any atom is 0.341 e. The SMILES string of the molecule is CCCc1nn2c(=O)cc(COC(=O)c3ccccc3F)nc2s1. The molecule has 0 radical (unpaired) electrons. The maximum atomic E-state index is 13.5. The van der Waals surface area contributed by atoms with E-state index in [1.165, 1.54) is 40.1 Å². The Hall–Kier alpha value is -2.61. The minimum atomic E-state index is -0.800. The number of esters is 1. The fourth-order valence-corrected chi connectivity index (χ4v) is 3.15. The first-order valence-corrected chi connectivity index (χ1v) is 8.20. The van der Waals surface area contributed by atoms with Crippen LogP contribution in [0.4, 0.5) is 4.39 Å². The molecule has 124 valence electrons. The van der Waals surface area contributed by atoms with E-state index in [1.54, 1.807) is 6.07 Å². The normalized spacial score (nSPS) is 10.9. The van der Waals surface area contributed by atoms with Crippen molar-refractivity contribution >= 4 is 22.3 Å². The molecule has 2 aromatic heterocycles. The lowest BCUT2D eigenvalue weighted by atomic mass is 10.2. The zero-order valence-electron chi connectivity index (χ0n) is 12.9. The molecule has 0 saturated carbocycles. The third-order valence-corrected chi connectivity index (χ3v) is 4.22. The van der Waals surface area contributed by atoms with Crippen LogP contribution < -0.4 is 5.56 Å². The number of nitrogens with zero attached hydrogens (tertiary/aromatic N) is 3. The average molecular weight is 347 g/mol. The van der Waals surface area contributed by atoms with Crippen molar-refractivity contribution in [1.82, 2.24) is 14.6 Å². The highest BCUT2D eigenvalue weighted by Crippen LogP contribution is 2.14. The van der Waals surface area contributed by atoms with Gasteiger partial charge < -0.3 is 4.74 Å². The summed E-state index contributed by atoms with van der Waals surface area (Å²) in [7, 11) is 0. The smallest absolute Gasteiger partial charge is 0.341 e. The van der Waals surface area contributed by atoms with E-state index < -0.39 is 11.8 Å². The van der Waals surface area contributed by atoms with E-state index in [-0.39, 0.29) is 17.7 Å². The second kappa shape index (κ2) is 6.88. The predicted molar refractivity (Wildman–Crippen MR) is 86.6 cm³/mol. The second-order valence-corrected chi connectivity index (χ2v) is 6.12. The fraction of sp³-hybridized carbons (Fsp3) is 0.250. The second-order valence-electron chi connectivity index (χ2n) is 5.08. The molecule has 1 aromatic carbocycles. The van der Waals surface area contributed by atoms with E-state index in [2.05, 4.69) is 10.1 Å². The van der Waals surface area contributed by atoms with Crippen molar-refractivity contribution < 1.29 is 13.9 Å². The molecule has 8 heteroatoms. The van der Waals surface area contributed by atoms with E-state index in [4.69, 9.17) is 4.74 Å². The first kappa shape index (κ1) is 16.3. The van der Waals surface area contributed by atoms with Crippen LogP contribution in [0.2, 0.25) is 0 Å². The third kappa shape index (κ3) is 3.33. The standard InChI is InChI=1S/C16H14FN3O3S/c1-2-5-13-19-20-14(21)8-10(18-16(20)24-13)9-23-15(22)11-6-3-4-7-12(11)17/h3-4,6-8H,2,5,9H2,1H3. The number of ether oxygens (including phenoxy) is 1. The Morgan fingerprint density at radius 2 is 2.17 bits per heavy atom. The van der Waals surface area contributed by atoms with Crippen LogP contribution in [-0.2, 0) is 17.8 Å². The van der Waals surface area contributed by atoms with Gasteiger partial charge in [0.2, 0.25) is 4.96 Å². The van der Waals surface area contributed by atoms with Gasteiger partial charge in [0.1, 0.15) is 17.4 Å². The van der Waals surface area contributed by atoms with Crippen LogP contribution in [0.15, 0.2) is 35.1 Å². The van der Waals surface area contributed by atoms with Crippen LogP contribution in [0.5, 0.6) is 0 Å². The highest BCUT2D eigenvalue weighted by atomic mass is 32.1. The van der Waals surface area contributed by atoms with E-state index >= 15 is 0 Å². The highest BCUT2D eigenvalue weighted by Gasteiger charge is 2.14. The number of rotatable bonds is 5. The van der Waals surface area contributed by atoms with Gasteiger partial charge in [-0.2, -0.15) is 9.61 Å². The number of aryl methyl sites for hydroxylation is 1. The molecule has 3 aromatic rings. The number of hydrogen-bond acceptors (Lipinski definition) is 6. The van der Waals surface area contributed by atoms with Gasteiger partial charge in [-0.3, -0.25) is 4.79 Å². The Bertz CT molecular complexity index is 951. The summed E-state index contributed by atoms with van der Waals surface area (Å²) in [5.41, 5.74) is -0.190. The summed E-state index contributed by atoms with van der Waals surface area (Å²) in [5.74, 6) is -1.45. The molecule has 2 heterocycles. The van der Waals surface area contributed by atoms with Gasteiger partial charge in [-0.15, -0.1) is 0 Å². The molecule has 0 spiro atoms. The lowest BCUT2D eigenvalue weighted by Gasteiger charge is -2.05. The maximum absolute atomic E-state index is 13.5. The number of halogens is 1. The van der Waals surface area contributed by atoms with Gasteiger partial charge in [0, 0.05) is 12.5 Å². The average Bonchev–Trinajstić information content (AvgIpc) is 2.96. The van der Waals surface area contributed by atoms with Gasteiger partial charge in [0.15, 0.2) is 0 Å². The summed E-state index contributed by atoms with van der Waals surface area (Å²) in [6.45, 7) is 1.82.